The van der Waals surface area contributed by atoms with Crippen LogP contribution < -0.4 is 10.1 Å². The molecule has 0 atom stereocenters. The Morgan fingerprint density at radius 1 is 1.00 bits per heavy atom. The summed E-state index contributed by atoms with van der Waals surface area (Å²) in [7, 11) is 1.62. The van der Waals surface area contributed by atoms with Gasteiger partial charge in [-0.15, -0.1) is 0 Å². The molecule has 1 aromatic heterocycles. The molecule has 2 amide bonds. The number of carbonyl (C=O) groups excluding carboxylic acids is 2. The zero-order valence-corrected chi connectivity index (χ0v) is 17.6. The van der Waals surface area contributed by atoms with Crippen molar-refractivity contribution in [2.75, 3.05) is 39.8 Å². The number of nitrogens with one attached hydrogen (secondary N) is 1. The monoisotopic (exact) mass is 418 g/mol. The molecule has 7 heteroatoms. The summed E-state index contributed by atoms with van der Waals surface area (Å²) in [6.45, 7) is 3.34. The van der Waals surface area contributed by atoms with E-state index in [1.807, 2.05) is 54.6 Å². The van der Waals surface area contributed by atoms with E-state index in [-0.39, 0.29) is 11.8 Å². The van der Waals surface area contributed by atoms with Gasteiger partial charge in [0.15, 0.2) is 0 Å². The van der Waals surface area contributed by atoms with Crippen molar-refractivity contribution < 1.29 is 14.3 Å². The second kappa shape index (κ2) is 9.57. The number of amides is 2. The summed E-state index contributed by atoms with van der Waals surface area (Å²) in [5, 5.41) is 3.88. The second-order valence-electron chi connectivity index (χ2n) is 7.59. The number of aromatic nitrogens is 1. The molecule has 3 aromatic rings. The first-order chi connectivity index (χ1) is 15.1. The molecular formula is C24H26N4O3. The topological polar surface area (TPSA) is 74.8 Å². The van der Waals surface area contributed by atoms with Crippen molar-refractivity contribution in [2.24, 2.45) is 0 Å². The van der Waals surface area contributed by atoms with E-state index in [0.717, 1.165) is 22.2 Å². The number of benzene rings is 2. The predicted octanol–water partition coefficient (Wildman–Crippen LogP) is 2.32. The highest BCUT2D eigenvalue weighted by molar-refractivity contribution is 5.95. The van der Waals surface area contributed by atoms with Crippen LogP contribution in [-0.4, -0.2) is 66.4 Å². The Morgan fingerprint density at radius 2 is 1.77 bits per heavy atom. The molecule has 1 aliphatic rings. The number of nitrogens with zero attached hydrogens (tertiary/aromatic N) is 3. The smallest absolute Gasteiger partial charge is 0.272 e. The maximum Gasteiger partial charge on any atom is 0.272 e. The summed E-state index contributed by atoms with van der Waals surface area (Å²) in [6.07, 6.45) is 0. The largest absolute Gasteiger partial charge is 0.497 e. The summed E-state index contributed by atoms with van der Waals surface area (Å²) in [6, 6.07) is 19.1. The predicted molar refractivity (Wildman–Crippen MR) is 119 cm³/mol. The van der Waals surface area contributed by atoms with E-state index >= 15 is 0 Å². The summed E-state index contributed by atoms with van der Waals surface area (Å²) >= 11 is 0. The molecule has 1 fully saturated rings. The highest BCUT2D eigenvalue weighted by Gasteiger charge is 2.24. The lowest BCUT2D eigenvalue weighted by molar-refractivity contribution is -0.122. The minimum Gasteiger partial charge on any atom is -0.497 e. The van der Waals surface area contributed by atoms with Crippen LogP contribution in [0.4, 0.5) is 0 Å². The van der Waals surface area contributed by atoms with Gasteiger partial charge < -0.3 is 15.0 Å². The summed E-state index contributed by atoms with van der Waals surface area (Å²) < 4.78 is 5.23. The highest BCUT2D eigenvalue weighted by Crippen LogP contribution is 2.20. The Labute approximate surface area is 181 Å². The summed E-state index contributed by atoms with van der Waals surface area (Å²) in [5.74, 6) is 0.679. The molecule has 2 heterocycles. The van der Waals surface area contributed by atoms with Gasteiger partial charge in [-0.2, -0.15) is 0 Å². The van der Waals surface area contributed by atoms with Crippen LogP contribution >= 0.6 is 0 Å². The lowest BCUT2D eigenvalue weighted by Crippen LogP contribution is -2.51. The van der Waals surface area contributed by atoms with Gasteiger partial charge in [0.1, 0.15) is 11.4 Å². The van der Waals surface area contributed by atoms with Gasteiger partial charge >= 0.3 is 0 Å². The third-order valence-corrected chi connectivity index (χ3v) is 5.47. The van der Waals surface area contributed by atoms with Crippen LogP contribution in [0.3, 0.4) is 0 Å². The number of hydrogen-bond acceptors (Lipinski definition) is 5. The van der Waals surface area contributed by atoms with E-state index in [1.54, 1.807) is 18.1 Å². The Bertz CT molecular complexity index is 1060. The van der Waals surface area contributed by atoms with Gasteiger partial charge in [0.2, 0.25) is 5.91 Å². The number of methoxy groups -OCH3 is 1. The van der Waals surface area contributed by atoms with Crippen LogP contribution in [0.25, 0.3) is 10.9 Å². The Morgan fingerprint density at radius 3 is 2.52 bits per heavy atom. The first kappa shape index (κ1) is 20.8. The average Bonchev–Trinajstić information content (AvgIpc) is 2.82. The number of hydrogen-bond donors (Lipinski definition) is 1. The Kier molecular flexibility index (Phi) is 6.43. The fraction of sp³-hybridized carbons (Fsp3) is 0.292. The molecular weight excluding hydrogens is 392 g/mol. The quantitative estimate of drug-likeness (QED) is 0.665. The zero-order valence-electron chi connectivity index (χ0n) is 17.6. The first-order valence-electron chi connectivity index (χ1n) is 10.4. The molecule has 1 N–H and O–H groups in total. The highest BCUT2D eigenvalue weighted by atomic mass is 16.5. The summed E-state index contributed by atoms with van der Waals surface area (Å²) in [5.41, 5.74) is 2.28. The second-order valence-corrected chi connectivity index (χ2v) is 7.59. The Hall–Kier alpha value is -3.45. The molecule has 0 saturated carbocycles. The van der Waals surface area contributed by atoms with E-state index < -0.39 is 0 Å². The SMILES string of the molecule is COc1ccc2nc(C(=O)N3CCN(CC(=O)NCc4ccccc4)CC3)ccc2c1. The molecule has 0 spiro atoms. The van der Waals surface area contributed by atoms with Crippen molar-refractivity contribution in [3.8, 4) is 5.75 Å². The van der Waals surface area contributed by atoms with E-state index in [9.17, 15) is 9.59 Å². The third kappa shape index (κ3) is 5.19. The molecule has 0 radical (unpaired) electrons. The van der Waals surface area contributed by atoms with Gasteiger partial charge in [0, 0.05) is 38.1 Å². The number of piperazine rings is 1. The molecule has 31 heavy (non-hydrogen) atoms. The molecule has 160 valence electrons. The normalized spacial score (nSPS) is 14.4. The van der Waals surface area contributed by atoms with Crippen molar-refractivity contribution in [3.63, 3.8) is 0 Å². The van der Waals surface area contributed by atoms with Crippen LogP contribution in [0.1, 0.15) is 16.1 Å². The lowest BCUT2D eigenvalue weighted by Gasteiger charge is -2.34. The first-order valence-corrected chi connectivity index (χ1v) is 10.4. The molecule has 2 aromatic carbocycles. The fourth-order valence-electron chi connectivity index (χ4n) is 3.68. The van der Waals surface area contributed by atoms with Crippen LogP contribution in [0, 0.1) is 0 Å². The van der Waals surface area contributed by atoms with Crippen LogP contribution in [-0.2, 0) is 11.3 Å². The zero-order chi connectivity index (χ0) is 21.6. The van der Waals surface area contributed by atoms with Gasteiger partial charge in [-0.3, -0.25) is 14.5 Å². The molecule has 7 nitrogen and oxygen atoms in total. The average molecular weight is 418 g/mol. The van der Waals surface area contributed by atoms with Gasteiger partial charge in [-0.1, -0.05) is 36.4 Å². The van der Waals surface area contributed by atoms with Crippen molar-refractivity contribution in [1.82, 2.24) is 20.1 Å². The van der Waals surface area contributed by atoms with Crippen molar-refractivity contribution in [3.05, 3.63) is 71.9 Å². The summed E-state index contributed by atoms with van der Waals surface area (Å²) in [4.78, 5) is 33.5. The Balaban J connectivity index is 1.28. The number of ether oxygens (including phenoxy) is 1. The van der Waals surface area contributed by atoms with Crippen molar-refractivity contribution >= 4 is 22.7 Å². The van der Waals surface area contributed by atoms with E-state index in [0.29, 0.717) is 45.0 Å². The van der Waals surface area contributed by atoms with Crippen molar-refractivity contribution in [1.29, 1.82) is 0 Å². The minimum atomic E-state index is -0.0779. The molecule has 1 aliphatic heterocycles. The van der Waals surface area contributed by atoms with Crippen LogP contribution in [0.2, 0.25) is 0 Å². The number of pyridine rings is 1. The van der Waals surface area contributed by atoms with Gasteiger partial charge in [0.25, 0.3) is 5.91 Å². The lowest BCUT2D eigenvalue weighted by atomic mass is 10.1. The van der Waals surface area contributed by atoms with Gasteiger partial charge in [-0.05, 0) is 29.8 Å². The standard InChI is InChI=1S/C24H26N4O3/c1-31-20-8-10-21-19(15-20)7-9-22(26-21)24(30)28-13-11-27(12-14-28)17-23(29)25-16-18-5-3-2-4-6-18/h2-10,15H,11-14,16-17H2,1H3,(H,25,29). The number of carbonyl (C=O) groups is 2. The molecule has 1 saturated heterocycles. The van der Waals surface area contributed by atoms with Gasteiger partial charge in [-0.25, -0.2) is 4.98 Å². The minimum absolute atomic E-state index is 0.00439. The maximum atomic E-state index is 12.9. The molecule has 0 aliphatic carbocycles. The van der Waals surface area contributed by atoms with E-state index in [1.165, 1.54) is 0 Å². The van der Waals surface area contributed by atoms with E-state index in [4.69, 9.17) is 4.74 Å². The van der Waals surface area contributed by atoms with Crippen LogP contribution in [0.15, 0.2) is 60.7 Å². The molecule has 0 unspecified atom stereocenters. The number of rotatable bonds is 6. The maximum absolute atomic E-state index is 12.9. The number of fused-ring (bicyclic) bond motifs is 1. The van der Waals surface area contributed by atoms with Gasteiger partial charge in [0.05, 0.1) is 19.2 Å². The van der Waals surface area contributed by atoms with E-state index in [2.05, 4.69) is 15.2 Å². The molecule has 4 rings (SSSR count). The fourth-order valence-corrected chi connectivity index (χ4v) is 3.68. The molecule has 0 bridgehead atoms. The van der Waals surface area contributed by atoms with Crippen LogP contribution in [0.5, 0.6) is 5.75 Å². The third-order valence-electron chi connectivity index (χ3n) is 5.47. The van der Waals surface area contributed by atoms with Crippen molar-refractivity contribution in [2.45, 2.75) is 6.54 Å².